The highest BCUT2D eigenvalue weighted by atomic mass is 16.5. The van der Waals surface area contributed by atoms with Crippen molar-refractivity contribution in [3.63, 3.8) is 0 Å². The van der Waals surface area contributed by atoms with E-state index in [9.17, 15) is 9.59 Å². The number of rotatable bonds is 7. The Morgan fingerprint density at radius 1 is 1.00 bits per heavy atom. The quantitative estimate of drug-likeness (QED) is 0.501. The number of carbonyl (C=O) groups excluding carboxylic acids is 2. The van der Waals surface area contributed by atoms with Crippen LogP contribution in [0.15, 0.2) is 48.5 Å². The van der Waals surface area contributed by atoms with Gasteiger partial charge in [0.2, 0.25) is 0 Å². The minimum absolute atomic E-state index is 0.153. The molecule has 0 aromatic heterocycles. The normalized spacial score (nSPS) is 15.4. The molecule has 3 rings (SSSR count). The molecule has 31 heavy (non-hydrogen) atoms. The molecule has 0 N–H and O–H groups in total. The van der Waals surface area contributed by atoms with Crippen molar-refractivity contribution in [1.29, 1.82) is 0 Å². The molecule has 1 amide bonds. The highest BCUT2D eigenvalue weighted by Gasteiger charge is 2.28. The summed E-state index contributed by atoms with van der Waals surface area (Å²) in [5.41, 5.74) is 3.37. The highest BCUT2D eigenvalue weighted by molar-refractivity contribution is 6.32. The van der Waals surface area contributed by atoms with Crippen LogP contribution in [0.4, 0.5) is 0 Å². The number of esters is 1. The standard InChI is InChI=1S/C24H30N2O5/c1-18-7-9-19(10-8-18)17-31-22(20-5-4-6-21(15-20)29-2)16-25-11-13-26(14-12-25)23(27)24(28)30-3/h4-10,15,22H,11-14,16-17H2,1-3H3. The molecule has 7 nitrogen and oxygen atoms in total. The van der Waals surface area contributed by atoms with Crippen LogP contribution < -0.4 is 4.74 Å². The third-order valence-corrected chi connectivity index (χ3v) is 5.48. The van der Waals surface area contributed by atoms with Gasteiger partial charge in [-0.1, -0.05) is 42.0 Å². The van der Waals surface area contributed by atoms with Crippen molar-refractivity contribution in [2.45, 2.75) is 19.6 Å². The molecule has 0 aliphatic carbocycles. The second kappa shape index (κ2) is 10.9. The second-order valence-electron chi connectivity index (χ2n) is 7.65. The number of hydrogen-bond donors (Lipinski definition) is 0. The third-order valence-electron chi connectivity index (χ3n) is 5.48. The van der Waals surface area contributed by atoms with Crippen LogP contribution in [0.3, 0.4) is 0 Å². The van der Waals surface area contributed by atoms with Gasteiger partial charge in [0, 0.05) is 32.7 Å². The zero-order valence-corrected chi connectivity index (χ0v) is 18.4. The monoisotopic (exact) mass is 426 g/mol. The zero-order chi connectivity index (χ0) is 22.2. The lowest BCUT2D eigenvalue weighted by Gasteiger charge is -2.36. The van der Waals surface area contributed by atoms with Gasteiger partial charge in [-0.15, -0.1) is 0 Å². The molecule has 2 aromatic carbocycles. The molecule has 7 heteroatoms. The molecule has 1 saturated heterocycles. The van der Waals surface area contributed by atoms with Gasteiger partial charge in [-0.2, -0.15) is 0 Å². The molecule has 1 aliphatic rings. The van der Waals surface area contributed by atoms with E-state index in [0.717, 1.165) is 16.9 Å². The van der Waals surface area contributed by atoms with E-state index in [-0.39, 0.29) is 6.10 Å². The molecular weight excluding hydrogens is 396 g/mol. The van der Waals surface area contributed by atoms with Crippen molar-refractivity contribution in [3.8, 4) is 5.75 Å². The van der Waals surface area contributed by atoms with E-state index >= 15 is 0 Å². The van der Waals surface area contributed by atoms with Crippen molar-refractivity contribution in [1.82, 2.24) is 9.80 Å². The van der Waals surface area contributed by atoms with Gasteiger partial charge in [0.15, 0.2) is 0 Å². The van der Waals surface area contributed by atoms with Crippen LogP contribution in [0.5, 0.6) is 5.75 Å². The zero-order valence-electron chi connectivity index (χ0n) is 18.4. The van der Waals surface area contributed by atoms with Gasteiger partial charge < -0.3 is 19.1 Å². The van der Waals surface area contributed by atoms with Crippen molar-refractivity contribution in [2.75, 3.05) is 46.9 Å². The molecule has 0 spiro atoms. The first-order chi connectivity index (χ1) is 15.0. The second-order valence-corrected chi connectivity index (χ2v) is 7.65. The first-order valence-electron chi connectivity index (χ1n) is 10.4. The summed E-state index contributed by atoms with van der Waals surface area (Å²) >= 11 is 0. The smallest absolute Gasteiger partial charge is 0.396 e. The Morgan fingerprint density at radius 3 is 2.35 bits per heavy atom. The van der Waals surface area contributed by atoms with Crippen LogP contribution in [0, 0.1) is 6.92 Å². The van der Waals surface area contributed by atoms with E-state index in [1.165, 1.54) is 17.6 Å². The van der Waals surface area contributed by atoms with Crippen LogP contribution in [0.2, 0.25) is 0 Å². The predicted molar refractivity (Wildman–Crippen MR) is 117 cm³/mol. The van der Waals surface area contributed by atoms with E-state index < -0.39 is 11.9 Å². The van der Waals surface area contributed by atoms with Gasteiger partial charge in [0.05, 0.1) is 26.9 Å². The van der Waals surface area contributed by atoms with Gasteiger partial charge in [-0.05, 0) is 30.2 Å². The van der Waals surface area contributed by atoms with Crippen LogP contribution in [0.1, 0.15) is 22.8 Å². The molecule has 1 unspecified atom stereocenters. The number of ether oxygens (including phenoxy) is 3. The van der Waals surface area contributed by atoms with Crippen molar-refractivity contribution >= 4 is 11.9 Å². The number of aryl methyl sites for hydroxylation is 1. The fourth-order valence-corrected chi connectivity index (χ4v) is 3.56. The number of hydrogen-bond acceptors (Lipinski definition) is 6. The number of nitrogens with zero attached hydrogens (tertiary/aromatic N) is 2. The maximum Gasteiger partial charge on any atom is 0.396 e. The summed E-state index contributed by atoms with van der Waals surface area (Å²) in [4.78, 5) is 27.3. The summed E-state index contributed by atoms with van der Waals surface area (Å²) in [5, 5.41) is 0. The largest absolute Gasteiger partial charge is 0.497 e. The number of benzene rings is 2. The number of carbonyl (C=O) groups is 2. The maximum atomic E-state index is 12.0. The molecule has 0 saturated carbocycles. The Labute approximate surface area is 183 Å². The molecule has 1 atom stereocenters. The van der Waals surface area contributed by atoms with Gasteiger partial charge >= 0.3 is 11.9 Å². The van der Waals surface area contributed by atoms with E-state index in [1.807, 2.05) is 24.3 Å². The van der Waals surface area contributed by atoms with Gasteiger partial charge in [0.1, 0.15) is 5.75 Å². The fraction of sp³-hybridized carbons (Fsp3) is 0.417. The summed E-state index contributed by atoms with van der Waals surface area (Å²) in [7, 11) is 2.87. The summed E-state index contributed by atoms with van der Waals surface area (Å²) in [6.07, 6.45) is -0.153. The van der Waals surface area contributed by atoms with Crippen LogP contribution >= 0.6 is 0 Å². The Balaban J connectivity index is 1.66. The Kier molecular flexibility index (Phi) is 8.03. The van der Waals surface area contributed by atoms with Gasteiger partial charge in [-0.25, -0.2) is 4.79 Å². The number of piperazine rings is 1. The van der Waals surface area contributed by atoms with Crippen molar-refractivity contribution in [2.24, 2.45) is 0 Å². The third kappa shape index (κ3) is 6.29. The van der Waals surface area contributed by atoms with Gasteiger partial charge in [-0.3, -0.25) is 9.69 Å². The average molecular weight is 427 g/mol. The molecule has 1 fully saturated rings. The summed E-state index contributed by atoms with van der Waals surface area (Å²) in [6.45, 7) is 5.54. The summed E-state index contributed by atoms with van der Waals surface area (Å²) < 4.78 is 16.3. The van der Waals surface area contributed by atoms with Crippen LogP contribution in [0.25, 0.3) is 0 Å². The van der Waals surface area contributed by atoms with Crippen LogP contribution in [-0.4, -0.2) is 68.6 Å². The highest BCUT2D eigenvalue weighted by Crippen LogP contribution is 2.25. The lowest BCUT2D eigenvalue weighted by molar-refractivity contribution is -0.159. The molecule has 166 valence electrons. The summed E-state index contributed by atoms with van der Waals surface area (Å²) in [5.74, 6) is -0.610. The first kappa shape index (κ1) is 22.8. The predicted octanol–water partition coefficient (Wildman–Crippen LogP) is 2.58. The van der Waals surface area contributed by atoms with Crippen LogP contribution in [-0.2, 0) is 25.7 Å². The first-order valence-corrected chi connectivity index (χ1v) is 10.4. The minimum Gasteiger partial charge on any atom is -0.497 e. The molecule has 1 heterocycles. The Hall–Kier alpha value is -2.90. The molecular formula is C24H30N2O5. The summed E-state index contributed by atoms with van der Waals surface area (Å²) in [6, 6.07) is 16.2. The van der Waals surface area contributed by atoms with Crippen molar-refractivity contribution < 1.29 is 23.8 Å². The fourth-order valence-electron chi connectivity index (χ4n) is 3.56. The number of amides is 1. The molecule has 2 aromatic rings. The minimum atomic E-state index is -0.816. The topological polar surface area (TPSA) is 68.3 Å². The SMILES string of the molecule is COC(=O)C(=O)N1CCN(CC(OCc2ccc(C)cc2)c2cccc(OC)c2)CC1. The maximum absolute atomic E-state index is 12.0. The lowest BCUT2D eigenvalue weighted by Crippen LogP contribution is -2.51. The Bertz CT molecular complexity index is 876. The van der Waals surface area contributed by atoms with E-state index in [1.54, 1.807) is 7.11 Å². The van der Waals surface area contributed by atoms with Crippen molar-refractivity contribution in [3.05, 3.63) is 65.2 Å². The van der Waals surface area contributed by atoms with E-state index in [4.69, 9.17) is 9.47 Å². The van der Waals surface area contributed by atoms with Gasteiger partial charge in [0.25, 0.3) is 0 Å². The Morgan fingerprint density at radius 2 is 1.71 bits per heavy atom. The average Bonchev–Trinajstić information content (AvgIpc) is 2.82. The van der Waals surface area contributed by atoms with E-state index in [0.29, 0.717) is 39.3 Å². The van der Waals surface area contributed by atoms with E-state index in [2.05, 4.69) is 40.8 Å². The molecule has 0 radical (unpaired) electrons. The molecule has 1 aliphatic heterocycles. The molecule has 0 bridgehead atoms. The number of methoxy groups -OCH3 is 2. The lowest BCUT2D eigenvalue weighted by atomic mass is 10.1.